The van der Waals surface area contributed by atoms with Crippen molar-refractivity contribution >= 4 is 5.52 Å². The molecule has 20 heavy (non-hydrogen) atoms. The number of hydrogen-bond donors (Lipinski definition) is 0. The second-order valence-corrected chi connectivity index (χ2v) is 4.35. The Hall–Kier alpha value is -2.94. The van der Waals surface area contributed by atoms with Crippen molar-refractivity contribution < 1.29 is 4.39 Å². The van der Waals surface area contributed by atoms with E-state index in [-0.39, 0.29) is 17.7 Å². The lowest BCUT2D eigenvalue weighted by Crippen LogP contribution is -2.21. The smallest absolute Gasteiger partial charge is 0.276 e. The molecule has 0 unspecified atom stereocenters. The van der Waals surface area contributed by atoms with Crippen LogP contribution in [0.1, 0.15) is 11.1 Å². The Balaban J connectivity index is 2.05. The van der Waals surface area contributed by atoms with Gasteiger partial charge in [-0.15, -0.1) is 0 Å². The van der Waals surface area contributed by atoms with Crippen LogP contribution in [0.3, 0.4) is 0 Å². The molecule has 0 N–H and O–H groups in total. The zero-order valence-corrected chi connectivity index (χ0v) is 10.3. The van der Waals surface area contributed by atoms with Crippen molar-refractivity contribution in [2.75, 3.05) is 0 Å². The van der Waals surface area contributed by atoms with Crippen molar-refractivity contribution in [2.45, 2.75) is 6.54 Å². The molecule has 98 valence electrons. The van der Waals surface area contributed by atoms with Crippen LogP contribution in [0.4, 0.5) is 4.39 Å². The first-order chi connectivity index (χ1) is 9.67. The molecule has 0 aliphatic rings. The van der Waals surface area contributed by atoms with Crippen LogP contribution in [-0.4, -0.2) is 14.2 Å². The number of rotatable bonds is 2. The van der Waals surface area contributed by atoms with Crippen molar-refractivity contribution in [1.82, 2.24) is 14.2 Å². The van der Waals surface area contributed by atoms with Crippen LogP contribution in [0.5, 0.6) is 0 Å². The minimum Gasteiger partial charge on any atom is -0.308 e. The number of aromatic nitrogens is 3. The van der Waals surface area contributed by atoms with Crippen molar-refractivity contribution in [3.8, 4) is 6.07 Å². The van der Waals surface area contributed by atoms with Gasteiger partial charge in [-0.25, -0.2) is 8.91 Å². The van der Waals surface area contributed by atoms with E-state index < -0.39 is 5.82 Å². The molecular weight excluding hydrogens is 259 g/mol. The quantitative estimate of drug-likeness (QED) is 0.708. The van der Waals surface area contributed by atoms with Crippen LogP contribution in [0, 0.1) is 17.1 Å². The summed E-state index contributed by atoms with van der Waals surface area (Å²) in [5.74, 6) is -0.488. The van der Waals surface area contributed by atoms with Crippen molar-refractivity contribution in [3.63, 3.8) is 0 Å². The number of nitriles is 1. The fourth-order valence-electron chi connectivity index (χ4n) is 2.09. The van der Waals surface area contributed by atoms with Gasteiger partial charge in [-0.05, 0) is 29.8 Å². The summed E-state index contributed by atoms with van der Waals surface area (Å²) >= 11 is 0. The summed E-state index contributed by atoms with van der Waals surface area (Å²) in [6.45, 7) is 0.201. The minimum atomic E-state index is -0.488. The third-order valence-corrected chi connectivity index (χ3v) is 2.98. The molecule has 0 fully saturated rings. The molecule has 3 aromatic rings. The van der Waals surface area contributed by atoms with Crippen molar-refractivity contribution in [2.24, 2.45) is 0 Å². The van der Waals surface area contributed by atoms with E-state index in [2.05, 4.69) is 5.10 Å². The Morgan fingerprint density at radius 2 is 2.15 bits per heavy atom. The molecular formula is C14H9FN4O. The van der Waals surface area contributed by atoms with Gasteiger partial charge in [0.05, 0.1) is 24.4 Å². The zero-order chi connectivity index (χ0) is 14.1. The third kappa shape index (κ3) is 2.06. The van der Waals surface area contributed by atoms with Gasteiger partial charge in [0.1, 0.15) is 11.3 Å². The Morgan fingerprint density at radius 3 is 2.95 bits per heavy atom. The number of benzene rings is 1. The van der Waals surface area contributed by atoms with Gasteiger partial charge in [-0.2, -0.15) is 10.4 Å². The van der Waals surface area contributed by atoms with Gasteiger partial charge in [0.25, 0.3) is 5.56 Å². The maximum absolute atomic E-state index is 13.4. The molecule has 2 heterocycles. The second kappa shape index (κ2) is 4.63. The largest absolute Gasteiger partial charge is 0.308 e. The van der Waals surface area contributed by atoms with Crippen LogP contribution in [0.15, 0.2) is 47.7 Å². The average molecular weight is 268 g/mol. The monoisotopic (exact) mass is 268 g/mol. The van der Waals surface area contributed by atoms with E-state index >= 15 is 0 Å². The fraction of sp³-hybridized carbons (Fsp3) is 0.0714. The van der Waals surface area contributed by atoms with Gasteiger partial charge in [-0.1, -0.05) is 0 Å². The van der Waals surface area contributed by atoms with Crippen LogP contribution < -0.4 is 5.56 Å². The van der Waals surface area contributed by atoms with Crippen LogP contribution in [0.2, 0.25) is 0 Å². The first-order valence-electron chi connectivity index (χ1n) is 5.90. The first-order valence-corrected chi connectivity index (χ1v) is 5.90. The molecule has 0 spiro atoms. The molecule has 2 aromatic heterocycles. The normalized spacial score (nSPS) is 10.6. The molecule has 0 radical (unpaired) electrons. The van der Waals surface area contributed by atoms with E-state index in [1.54, 1.807) is 24.5 Å². The molecule has 0 amide bonds. The summed E-state index contributed by atoms with van der Waals surface area (Å²) in [6, 6.07) is 7.55. The summed E-state index contributed by atoms with van der Waals surface area (Å²) < 4.78 is 16.3. The molecule has 5 nitrogen and oxygen atoms in total. The highest BCUT2D eigenvalue weighted by Gasteiger charge is 2.06. The minimum absolute atomic E-state index is 0.201. The summed E-state index contributed by atoms with van der Waals surface area (Å²) in [5, 5.41) is 12.8. The lowest BCUT2D eigenvalue weighted by molar-refractivity contribution is 0.622. The predicted octanol–water partition coefficient (Wildman–Crippen LogP) is 1.56. The fourth-order valence-corrected chi connectivity index (χ4v) is 2.09. The molecule has 0 atom stereocenters. The second-order valence-electron chi connectivity index (χ2n) is 4.35. The van der Waals surface area contributed by atoms with E-state index in [0.717, 1.165) is 6.07 Å². The molecule has 3 rings (SSSR count). The maximum Gasteiger partial charge on any atom is 0.276 e. The van der Waals surface area contributed by atoms with Crippen molar-refractivity contribution in [3.05, 3.63) is 70.2 Å². The number of fused-ring (bicyclic) bond motifs is 1. The molecule has 0 aliphatic heterocycles. The summed E-state index contributed by atoms with van der Waals surface area (Å²) in [5.41, 5.74) is 1.03. The standard InChI is InChI=1S/C14H9FN4O/c15-12-6-10(8-16)5-11(7-12)9-18-3-4-19-13(14(18)20)1-2-17-19/h1-7H,9H2. The van der Waals surface area contributed by atoms with E-state index in [4.69, 9.17) is 5.26 Å². The number of hydrogen-bond acceptors (Lipinski definition) is 3. The highest BCUT2D eigenvalue weighted by atomic mass is 19.1. The lowest BCUT2D eigenvalue weighted by Gasteiger charge is -2.07. The van der Waals surface area contributed by atoms with Gasteiger partial charge >= 0.3 is 0 Å². The van der Waals surface area contributed by atoms with E-state index in [0.29, 0.717) is 11.1 Å². The molecule has 0 saturated heterocycles. The van der Waals surface area contributed by atoms with Gasteiger partial charge in [-0.3, -0.25) is 4.79 Å². The van der Waals surface area contributed by atoms with Gasteiger partial charge in [0.15, 0.2) is 0 Å². The van der Waals surface area contributed by atoms with Gasteiger partial charge in [0, 0.05) is 12.4 Å². The van der Waals surface area contributed by atoms with E-state index in [9.17, 15) is 9.18 Å². The molecule has 0 aliphatic carbocycles. The topological polar surface area (TPSA) is 63.1 Å². The SMILES string of the molecule is N#Cc1cc(F)cc(Cn2ccn3nccc3c2=O)c1. The predicted molar refractivity (Wildman–Crippen MR) is 69.7 cm³/mol. The van der Waals surface area contributed by atoms with Gasteiger partial charge in [0.2, 0.25) is 0 Å². The molecule has 0 bridgehead atoms. The summed E-state index contributed by atoms with van der Waals surface area (Å²) in [4.78, 5) is 12.2. The Labute approximate surface area is 113 Å². The molecule has 0 saturated carbocycles. The number of halogens is 1. The maximum atomic E-state index is 13.4. The first kappa shape index (κ1) is 12.1. The van der Waals surface area contributed by atoms with Gasteiger partial charge < -0.3 is 4.57 Å². The van der Waals surface area contributed by atoms with Crippen molar-refractivity contribution in [1.29, 1.82) is 5.26 Å². The Kier molecular flexibility index (Phi) is 2.80. The number of nitrogens with zero attached hydrogens (tertiary/aromatic N) is 4. The zero-order valence-electron chi connectivity index (χ0n) is 10.3. The highest BCUT2D eigenvalue weighted by molar-refractivity contribution is 5.42. The van der Waals surface area contributed by atoms with Crippen LogP contribution >= 0.6 is 0 Å². The highest BCUT2D eigenvalue weighted by Crippen LogP contribution is 2.09. The van der Waals surface area contributed by atoms with Crippen LogP contribution in [-0.2, 0) is 6.54 Å². The lowest BCUT2D eigenvalue weighted by atomic mass is 10.1. The van der Waals surface area contributed by atoms with Crippen LogP contribution in [0.25, 0.3) is 5.52 Å². The average Bonchev–Trinajstić information content (AvgIpc) is 2.90. The molecule has 1 aromatic carbocycles. The summed E-state index contributed by atoms with van der Waals surface area (Å²) in [6.07, 6.45) is 4.78. The Morgan fingerprint density at radius 1 is 1.30 bits per heavy atom. The van der Waals surface area contributed by atoms with E-state index in [1.165, 1.54) is 21.3 Å². The Bertz CT molecular complexity index is 888. The summed E-state index contributed by atoms with van der Waals surface area (Å²) in [7, 11) is 0. The van der Waals surface area contributed by atoms with E-state index in [1.807, 2.05) is 6.07 Å². The third-order valence-electron chi connectivity index (χ3n) is 2.98. The molecule has 6 heteroatoms.